The molecule has 0 radical (unpaired) electrons. The molecule has 0 saturated heterocycles. The largest absolute Gasteiger partial charge is 0.414 e. The standard InChI is InChI=1S/C16H15NO4S2/c1-9-4-6-12(7-5-9)23(19,20)17-14-10(2)8-13-15(11(14)3)22-16(18)21-13/h4-8,17H,1-3H3. The molecule has 5 nitrogen and oxygen atoms in total. The van der Waals surface area contributed by atoms with Crippen LogP contribution < -0.4 is 9.66 Å². The molecule has 1 heterocycles. The van der Waals surface area contributed by atoms with E-state index in [4.69, 9.17) is 4.42 Å². The highest BCUT2D eigenvalue weighted by atomic mass is 32.2. The molecule has 0 amide bonds. The number of hydrogen-bond acceptors (Lipinski definition) is 5. The molecular weight excluding hydrogens is 334 g/mol. The second kappa shape index (κ2) is 5.50. The first-order valence-corrected chi connectivity index (χ1v) is 9.21. The van der Waals surface area contributed by atoms with Crippen LogP contribution in [0.4, 0.5) is 5.69 Å². The summed E-state index contributed by atoms with van der Waals surface area (Å²) in [5.41, 5.74) is 3.34. The zero-order valence-electron chi connectivity index (χ0n) is 12.8. The van der Waals surface area contributed by atoms with Crippen LogP contribution in [-0.2, 0) is 10.0 Å². The molecule has 0 aliphatic carbocycles. The highest BCUT2D eigenvalue weighted by molar-refractivity contribution is 7.92. The molecule has 7 heteroatoms. The van der Waals surface area contributed by atoms with Crippen LogP contribution in [0.3, 0.4) is 0 Å². The van der Waals surface area contributed by atoms with E-state index in [9.17, 15) is 13.2 Å². The Balaban J connectivity index is 2.10. The van der Waals surface area contributed by atoms with Crippen LogP contribution in [-0.4, -0.2) is 8.42 Å². The number of nitrogens with one attached hydrogen (secondary N) is 1. The van der Waals surface area contributed by atoms with Crippen molar-refractivity contribution in [3.63, 3.8) is 0 Å². The van der Waals surface area contributed by atoms with Crippen molar-refractivity contribution >= 4 is 37.3 Å². The molecule has 0 fully saturated rings. The van der Waals surface area contributed by atoms with Gasteiger partial charge in [-0.05, 0) is 50.1 Å². The van der Waals surface area contributed by atoms with Gasteiger partial charge in [-0.2, -0.15) is 0 Å². The second-order valence-electron chi connectivity index (χ2n) is 5.39. The first-order chi connectivity index (χ1) is 10.8. The molecule has 3 aromatic rings. The number of hydrogen-bond donors (Lipinski definition) is 1. The number of fused-ring (bicyclic) bond motifs is 1. The molecule has 0 atom stereocenters. The van der Waals surface area contributed by atoms with Gasteiger partial charge in [0.05, 0.1) is 15.3 Å². The quantitative estimate of drug-likeness (QED) is 0.784. The van der Waals surface area contributed by atoms with Gasteiger partial charge in [0.2, 0.25) is 0 Å². The average molecular weight is 349 g/mol. The van der Waals surface area contributed by atoms with Gasteiger partial charge in [-0.15, -0.1) is 0 Å². The summed E-state index contributed by atoms with van der Waals surface area (Å²) < 4.78 is 33.5. The Kier molecular flexibility index (Phi) is 3.77. The van der Waals surface area contributed by atoms with Crippen molar-refractivity contribution in [2.24, 2.45) is 0 Å². The van der Waals surface area contributed by atoms with Gasteiger partial charge in [0.25, 0.3) is 10.0 Å². The van der Waals surface area contributed by atoms with Crippen LogP contribution in [0.1, 0.15) is 16.7 Å². The minimum absolute atomic E-state index is 0.197. The van der Waals surface area contributed by atoms with Gasteiger partial charge in [-0.1, -0.05) is 29.0 Å². The molecule has 3 rings (SSSR count). The van der Waals surface area contributed by atoms with E-state index < -0.39 is 15.0 Å². The summed E-state index contributed by atoms with van der Waals surface area (Å²) in [4.78, 5) is 11.2. The number of sulfonamides is 1. The molecule has 0 bridgehead atoms. The highest BCUT2D eigenvalue weighted by Gasteiger charge is 2.19. The van der Waals surface area contributed by atoms with Crippen LogP contribution in [0.15, 0.2) is 44.4 Å². The molecule has 2 aromatic carbocycles. The molecule has 120 valence electrons. The summed E-state index contributed by atoms with van der Waals surface area (Å²) in [5.74, 6) is 0. The number of benzene rings is 2. The van der Waals surface area contributed by atoms with Gasteiger partial charge < -0.3 is 4.42 Å². The lowest BCUT2D eigenvalue weighted by Gasteiger charge is -2.13. The van der Waals surface area contributed by atoms with E-state index >= 15 is 0 Å². The third-order valence-corrected chi connectivity index (χ3v) is 5.95. The average Bonchev–Trinajstić information content (AvgIpc) is 2.84. The van der Waals surface area contributed by atoms with Gasteiger partial charge in [0.1, 0.15) is 5.58 Å². The van der Waals surface area contributed by atoms with Crippen LogP contribution in [0.25, 0.3) is 10.3 Å². The Hall–Kier alpha value is -2.12. The molecular formula is C16H15NO4S2. The molecule has 1 N–H and O–H groups in total. The second-order valence-corrected chi connectivity index (χ2v) is 8.02. The zero-order valence-corrected chi connectivity index (χ0v) is 14.5. The van der Waals surface area contributed by atoms with Crippen LogP contribution in [0.2, 0.25) is 0 Å². The molecule has 0 aliphatic heterocycles. The zero-order chi connectivity index (χ0) is 16.8. The Labute approximate surface area is 137 Å². The minimum Gasteiger partial charge on any atom is -0.414 e. The minimum atomic E-state index is -3.69. The fourth-order valence-electron chi connectivity index (χ4n) is 2.39. The predicted octanol–water partition coefficient (Wildman–Crippen LogP) is 3.58. The number of rotatable bonds is 3. The molecule has 0 unspecified atom stereocenters. The summed E-state index contributed by atoms with van der Waals surface area (Å²) in [6.07, 6.45) is 0. The number of aryl methyl sites for hydroxylation is 3. The van der Waals surface area contributed by atoms with E-state index in [0.717, 1.165) is 16.9 Å². The Morgan fingerprint density at radius 2 is 1.74 bits per heavy atom. The van der Waals surface area contributed by atoms with E-state index in [-0.39, 0.29) is 4.90 Å². The molecule has 1 aromatic heterocycles. The monoisotopic (exact) mass is 349 g/mol. The maximum Gasteiger partial charge on any atom is 0.396 e. The maximum absolute atomic E-state index is 12.6. The molecule has 23 heavy (non-hydrogen) atoms. The Bertz CT molecular complexity index is 1040. The van der Waals surface area contributed by atoms with Gasteiger partial charge in [-0.25, -0.2) is 13.2 Å². The van der Waals surface area contributed by atoms with E-state index in [0.29, 0.717) is 27.1 Å². The normalized spacial score (nSPS) is 11.8. The third-order valence-electron chi connectivity index (χ3n) is 3.63. The van der Waals surface area contributed by atoms with Gasteiger partial charge in [0.15, 0.2) is 0 Å². The fraction of sp³-hybridized carbons (Fsp3) is 0.188. The molecule has 0 saturated carbocycles. The lowest BCUT2D eigenvalue weighted by molar-refractivity contribution is 0.585. The van der Waals surface area contributed by atoms with Gasteiger partial charge in [0, 0.05) is 0 Å². The first kappa shape index (κ1) is 15.8. The summed E-state index contributed by atoms with van der Waals surface area (Å²) >= 11 is 0.968. The van der Waals surface area contributed by atoms with Crippen molar-refractivity contribution in [1.82, 2.24) is 0 Å². The topological polar surface area (TPSA) is 76.4 Å². The predicted molar refractivity (Wildman–Crippen MR) is 91.8 cm³/mol. The lowest BCUT2D eigenvalue weighted by Crippen LogP contribution is -2.14. The van der Waals surface area contributed by atoms with Crippen LogP contribution in [0.5, 0.6) is 0 Å². The number of anilines is 1. The van der Waals surface area contributed by atoms with E-state index in [1.54, 1.807) is 44.2 Å². The van der Waals surface area contributed by atoms with Crippen LogP contribution >= 0.6 is 11.3 Å². The maximum atomic E-state index is 12.6. The fourth-order valence-corrected chi connectivity index (χ4v) is 4.34. The Morgan fingerprint density at radius 3 is 2.39 bits per heavy atom. The summed E-state index contributed by atoms with van der Waals surface area (Å²) in [7, 11) is -3.69. The smallest absolute Gasteiger partial charge is 0.396 e. The van der Waals surface area contributed by atoms with Gasteiger partial charge in [-0.3, -0.25) is 4.72 Å². The molecule has 0 spiro atoms. The van der Waals surface area contributed by atoms with Crippen molar-refractivity contribution in [3.05, 3.63) is 56.8 Å². The van der Waals surface area contributed by atoms with Crippen molar-refractivity contribution in [2.45, 2.75) is 25.7 Å². The van der Waals surface area contributed by atoms with E-state index in [1.165, 1.54) is 0 Å². The van der Waals surface area contributed by atoms with Crippen LogP contribution in [0, 0.1) is 20.8 Å². The van der Waals surface area contributed by atoms with E-state index in [2.05, 4.69) is 4.72 Å². The lowest BCUT2D eigenvalue weighted by atomic mass is 10.1. The molecule has 0 aliphatic rings. The SMILES string of the molecule is Cc1ccc(S(=O)(=O)Nc2c(C)cc3oc(=O)sc3c2C)cc1. The summed E-state index contributed by atoms with van der Waals surface area (Å²) in [6.45, 7) is 5.44. The van der Waals surface area contributed by atoms with Crippen molar-refractivity contribution in [3.8, 4) is 0 Å². The van der Waals surface area contributed by atoms with Crippen molar-refractivity contribution in [2.75, 3.05) is 4.72 Å². The Morgan fingerprint density at radius 1 is 1.09 bits per heavy atom. The summed E-state index contributed by atoms with van der Waals surface area (Å²) in [5, 5.41) is 0. The van der Waals surface area contributed by atoms with Gasteiger partial charge >= 0.3 is 4.94 Å². The van der Waals surface area contributed by atoms with E-state index in [1.807, 2.05) is 6.92 Å². The van der Waals surface area contributed by atoms with Crippen molar-refractivity contribution < 1.29 is 12.8 Å². The summed E-state index contributed by atoms with van der Waals surface area (Å²) in [6, 6.07) is 8.31. The van der Waals surface area contributed by atoms with Crippen molar-refractivity contribution in [1.29, 1.82) is 0 Å². The first-order valence-electron chi connectivity index (χ1n) is 6.91. The highest BCUT2D eigenvalue weighted by Crippen LogP contribution is 2.32. The third kappa shape index (κ3) is 2.89.